The van der Waals surface area contributed by atoms with Gasteiger partial charge in [0, 0.05) is 24.2 Å². The van der Waals surface area contributed by atoms with Crippen LogP contribution < -0.4 is 14.8 Å². The smallest absolute Gasteiger partial charge is 0.251 e. The van der Waals surface area contributed by atoms with Crippen molar-refractivity contribution >= 4 is 5.91 Å². The maximum Gasteiger partial charge on any atom is 0.251 e. The zero-order chi connectivity index (χ0) is 14.5. The van der Waals surface area contributed by atoms with Gasteiger partial charge < -0.3 is 14.8 Å². The van der Waals surface area contributed by atoms with Gasteiger partial charge in [-0.25, -0.2) is 0 Å². The Labute approximate surface area is 118 Å². The van der Waals surface area contributed by atoms with E-state index in [1.165, 1.54) is 0 Å². The fourth-order valence-electron chi connectivity index (χ4n) is 1.98. The van der Waals surface area contributed by atoms with Gasteiger partial charge in [-0.15, -0.1) is 0 Å². The van der Waals surface area contributed by atoms with Crippen LogP contribution in [0.2, 0.25) is 0 Å². The van der Waals surface area contributed by atoms with Crippen LogP contribution in [0.25, 0.3) is 11.1 Å². The monoisotopic (exact) mass is 271 g/mol. The van der Waals surface area contributed by atoms with Gasteiger partial charge >= 0.3 is 0 Å². The number of rotatable bonds is 4. The number of hydrogen-bond acceptors (Lipinski definition) is 3. The summed E-state index contributed by atoms with van der Waals surface area (Å²) >= 11 is 0. The fourth-order valence-corrected chi connectivity index (χ4v) is 1.98. The van der Waals surface area contributed by atoms with Crippen LogP contribution in [0.4, 0.5) is 0 Å². The van der Waals surface area contributed by atoms with Gasteiger partial charge in [-0.05, 0) is 29.8 Å². The fraction of sp³-hybridized carbons (Fsp3) is 0.188. The predicted octanol–water partition coefficient (Wildman–Crippen LogP) is 2.73. The molecular formula is C16H17NO3. The summed E-state index contributed by atoms with van der Waals surface area (Å²) in [6, 6.07) is 13.0. The zero-order valence-corrected chi connectivity index (χ0v) is 11.8. The van der Waals surface area contributed by atoms with Gasteiger partial charge in [0.25, 0.3) is 5.91 Å². The van der Waals surface area contributed by atoms with Crippen LogP contribution in [0.1, 0.15) is 10.4 Å². The van der Waals surface area contributed by atoms with Crippen molar-refractivity contribution in [2.45, 2.75) is 0 Å². The third-order valence-corrected chi connectivity index (χ3v) is 3.09. The Hall–Kier alpha value is -2.49. The number of amides is 1. The second-order valence-corrected chi connectivity index (χ2v) is 4.22. The molecule has 0 aromatic heterocycles. The Kier molecular flexibility index (Phi) is 4.25. The predicted molar refractivity (Wildman–Crippen MR) is 78.4 cm³/mol. The molecule has 1 amide bonds. The molecule has 0 heterocycles. The molecule has 0 aliphatic heterocycles. The minimum atomic E-state index is -0.0988. The van der Waals surface area contributed by atoms with Gasteiger partial charge in [0.05, 0.1) is 14.2 Å². The number of carbonyl (C=O) groups excluding carboxylic acids is 1. The molecule has 20 heavy (non-hydrogen) atoms. The molecule has 0 saturated carbocycles. The van der Waals surface area contributed by atoms with Crippen LogP contribution in [-0.2, 0) is 0 Å². The second kappa shape index (κ2) is 6.10. The van der Waals surface area contributed by atoms with E-state index in [9.17, 15) is 4.79 Å². The number of benzene rings is 2. The molecule has 0 unspecified atom stereocenters. The largest absolute Gasteiger partial charge is 0.497 e. The Morgan fingerprint density at radius 2 is 1.70 bits per heavy atom. The lowest BCUT2D eigenvalue weighted by molar-refractivity contribution is 0.0963. The molecule has 2 aromatic carbocycles. The lowest BCUT2D eigenvalue weighted by atomic mass is 10.0. The van der Waals surface area contributed by atoms with Gasteiger partial charge in [0.1, 0.15) is 11.5 Å². The molecule has 104 valence electrons. The zero-order valence-electron chi connectivity index (χ0n) is 11.8. The molecular weight excluding hydrogens is 254 g/mol. The Bertz CT molecular complexity index is 606. The summed E-state index contributed by atoms with van der Waals surface area (Å²) in [7, 11) is 4.85. The first-order valence-corrected chi connectivity index (χ1v) is 6.24. The lowest BCUT2D eigenvalue weighted by Gasteiger charge is -2.11. The molecule has 0 atom stereocenters. The van der Waals surface area contributed by atoms with Crippen molar-refractivity contribution in [1.29, 1.82) is 0 Å². The van der Waals surface area contributed by atoms with Crippen LogP contribution in [0.15, 0.2) is 42.5 Å². The average Bonchev–Trinajstić information content (AvgIpc) is 2.53. The quantitative estimate of drug-likeness (QED) is 0.930. The van der Waals surface area contributed by atoms with Crippen molar-refractivity contribution < 1.29 is 14.3 Å². The number of carbonyl (C=O) groups is 1. The van der Waals surface area contributed by atoms with Crippen molar-refractivity contribution in [1.82, 2.24) is 5.32 Å². The van der Waals surface area contributed by atoms with E-state index in [1.54, 1.807) is 33.4 Å². The van der Waals surface area contributed by atoms with Crippen molar-refractivity contribution in [2.75, 3.05) is 21.3 Å². The molecule has 0 radical (unpaired) electrons. The highest BCUT2D eigenvalue weighted by molar-refractivity contribution is 5.94. The summed E-state index contributed by atoms with van der Waals surface area (Å²) in [5.41, 5.74) is 2.57. The summed E-state index contributed by atoms with van der Waals surface area (Å²) in [5, 5.41) is 2.60. The molecule has 1 N–H and O–H groups in total. The van der Waals surface area contributed by atoms with Crippen molar-refractivity contribution in [3.05, 3.63) is 48.0 Å². The van der Waals surface area contributed by atoms with Crippen LogP contribution >= 0.6 is 0 Å². The molecule has 0 aliphatic rings. The highest BCUT2D eigenvalue weighted by Crippen LogP contribution is 2.33. The van der Waals surface area contributed by atoms with E-state index in [0.29, 0.717) is 5.56 Å². The van der Waals surface area contributed by atoms with Gasteiger partial charge in [0.2, 0.25) is 0 Å². The van der Waals surface area contributed by atoms with Crippen LogP contribution in [-0.4, -0.2) is 27.2 Å². The molecule has 0 bridgehead atoms. The number of ether oxygens (including phenoxy) is 2. The molecule has 4 nitrogen and oxygen atoms in total. The maximum atomic E-state index is 11.5. The first kappa shape index (κ1) is 13.9. The van der Waals surface area contributed by atoms with Crippen molar-refractivity contribution in [3.8, 4) is 22.6 Å². The molecule has 0 fully saturated rings. The van der Waals surface area contributed by atoms with E-state index in [2.05, 4.69) is 5.32 Å². The molecule has 0 saturated heterocycles. The number of hydrogen-bond donors (Lipinski definition) is 1. The van der Waals surface area contributed by atoms with Crippen molar-refractivity contribution in [3.63, 3.8) is 0 Å². The summed E-state index contributed by atoms with van der Waals surface area (Å²) < 4.78 is 10.6. The van der Waals surface area contributed by atoms with E-state index in [0.717, 1.165) is 22.6 Å². The van der Waals surface area contributed by atoms with E-state index in [-0.39, 0.29) is 5.91 Å². The van der Waals surface area contributed by atoms with Gasteiger partial charge in [-0.2, -0.15) is 0 Å². The second-order valence-electron chi connectivity index (χ2n) is 4.22. The summed E-state index contributed by atoms with van der Waals surface area (Å²) in [6.07, 6.45) is 0. The van der Waals surface area contributed by atoms with Gasteiger partial charge in [0.15, 0.2) is 0 Å². The topological polar surface area (TPSA) is 47.6 Å². The number of nitrogens with one attached hydrogen (secondary N) is 1. The van der Waals surface area contributed by atoms with Crippen LogP contribution in [0.3, 0.4) is 0 Å². The first-order valence-electron chi connectivity index (χ1n) is 6.24. The third kappa shape index (κ3) is 2.74. The van der Waals surface area contributed by atoms with Gasteiger partial charge in [-0.1, -0.05) is 12.1 Å². The molecule has 2 aromatic rings. The van der Waals surface area contributed by atoms with Gasteiger partial charge in [-0.3, -0.25) is 4.79 Å². The Morgan fingerprint density at radius 3 is 2.25 bits per heavy atom. The minimum absolute atomic E-state index is 0.0988. The Balaban J connectivity index is 2.38. The van der Waals surface area contributed by atoms with E-state index >= 15 is 0 Å². The lowest BCUT2D eigenvalue weighted by Crippen LogP contribution is -2.17. The maximum absolute atomic E-state index is 11.5. The molecule has 4 heteroatoms. The summed E-state index contributed by atoms with van der Waals surface area (Å²) in [5.74, 6) is 1.38. The summed E-state index contributed by atoms with van der Waals surface area (Å²) in [6.45, 7) is 0. The molecule has 0 spiro atoms. The minimum Gasteiger partial charge on any atom is -0.497 e. The normalized spacial score (nSPS) is 9.95. The van der Waals surface area contributed by atoms with E-state index < -0.39 is 0 Å². The van der Waals surface area contributed by atoms with Crippen molar-refractivity contribution in [2.24, 2.45) is 0 Å². The Morgan fingerprint density at radius 1 is 1.00 bits per heavy atom. The molecule has 0 aliphatic carbocycles. The third-order valence-electron chi connectivity index (χ3n) is 3.09. The van der Waals surface area contributed by atoms with Crippen LogP contribution in [0.5, 0.6) is 11.5 Å². The SMILES string of the molecule is CNC(=O)c1ccc(-c2ccc(OC)cc2OC)cc1. The standard InChI is InChI=1S/C16H17NO3/c1-17-16(18)12-6-4-11(5-7-12)14-9-8-13(19-2)10-15(14)20-3/h4-10H,1-3H3,(H,17,18). The van der Waals surface area contributed by atoms with E-state index in [1.807, 2.05) is 30.3 Å². The average molecular weight is 271 g/mol. The highest BCUT2D eigenvalue weighted by atomic mass is 16.5. The summed E-state index contributed by atoms with van der Waals surface area (Å²) in [4.78, 5) is 11.5. The highest BCUT2D eigenvalue weighted by Gasteiger charge is 2.09. The number of methoxy groups -OCH3 is 2. The molecule has 2 rings (SSSR count). The van der Waals surface area contributed by atoms with E-state index in [4.69, 9.17) is 9.47 Å². The van der Waals surface area contributed by atoms with Crippen LogP contribution in [0, 0.1) is 0 Å². The first-order chi connectivity index (χ1) is 9.69.